The molecule has 0 fully saturated rings. The Morgan fingerprint density at radius 3 is 2.33 bits per heavy atom. The summed E-state index contributed by atoms with van der Waals surface area (Å²) in [7, 11) is 0. The van der Waals surface area contributed by atoms with Crippen molar-refractivity contribution in [2.45, 2.75) is 19.3 Å². The van der Waals surface area contributed by atoms with E-state index in [-0.39, 0.29) is 5.41 Å². The van der Waals surface area contributed by atoms with Gasteiger partial charge in [0.1, 0.15) is 11.2 Å². The number of fused-ring (bicyclic) bond motifs is 9. The molecule has 0 atom stereocenters. The van der Waals surface area contributed by atoms with Gasteiger partial charge < -0.3 is 8.98 Å². The fourth-order valence-electron chi connectivity index (χ4n) is 7.46. The zero-order chi connectivity index (χ0) is 30.4. The molecular weight excluding hydrogens is 550 g/mol. The molecule has 1 aliphatic carbocycles. The average molecular weight is 576 g/mol. The Balaban J connectivity index is 1.31. The van der Waals surface area contributed by atoms with Crippen LogP contribution in [0.3, 0.4) is 0 Å². The van der Waals surface area contributed by atoms with Crippen LogP contribution in [-0.4, -0.2) is 4.57 Å². The predicted molar refractivity (Wildman–Crippen MR) is 182 cm³/mol. The van der Waals surface area contributed by atoms with Crippen LogP contribution in [0.1, 0.15) is 30.5 Å². The van der Waals surface area contributed by atoms with E-state index in [9.17, 15) is 5.26 Å². The Kier molecular flexibility index (Phi) is 5.06. The summed E-state index contributed by atoms with van der Waals surface area (Å²) in [4.78, 5) is 3.68. The van der Waals surface area contributed by atoms with Crippen molar-refractivity contribution in [2.75, 3.05) is 0 Å². The zero-order valence-corrected chi connectivity index (χ0v) is 24.7. The molecule has 45 heavy (non-hydrogen) atoms. The van der Waals surface area contributed by atoms with E-state index in [4.69, 9.17) is 11.0 Å². The number of furan rings is 1. The monoisotopic (exact) mass is 575 g/mol. The lowest BCUT2D eigenvalue weighted by Gasteiger charge is -2.21. The van der Waals surface area contributed by atoms with Gasteiger partial charge in [-0.1, -0.05) is 74.5 Å². The van der Waals surface area contributed by atoms with Gasteiger partial charge in [0.2, 0.25) is 0 Å². The van der Waals surface area contributed by atoms with Gasteiger partial charge in [-0.2, -0.15) is 5.26 Å². The van der Waals surface area contributed by atoms with Gasteiger partial charge in [0.05, 0.1) is 34.9 Å². The Morgan fingerprint density at radius 1 is 0.667 bits per heavy atom. The summed E-state index contributed by atoms with van der Waals surface area (Å²) >= 11 is 0. The van der Waals surface area contributed by atoms with Crippen LogP contribution in [0, 0.1) is 17.9 Å². The van der Waals surface area contributed by atoms with Gasteiger partial charge in [0.15, 0.2) is 5.69 Å². The number of nitrogens with zero attached hydrogens (tertiary/aromatic N) is 3. The first-order chi connectivity index (χ1) is 22.0. The number of aromatic nitrogens is 1. The molecule has 2 aromatic heterocycles. The smallest absolute Gasteiger partial charge is 0.188 e. The Labute approximate surface area is 259 Å². The van der Waals surface area contributed by atoms with E-state index in [1.165, 1.54) is 22.3 Å². The SMILES string of the molecule is [C-]#[N+]c1ccc2c(c1)c1ccccc1n2-c1cc(C#N)ccc1-c1ccc2oc3cc4c(cc3c2c1)-c1ccccc1C4(C)C. The van der Waals surface area contributed by atoms with E-state index in [1.807, 2.05) is 48.5 Å². The summed E-state index contributed by atoms with van der Waals surface area (Å²) in [5.74, 6) is 0. The van der Waals surface area contributed by atoms with Gasteiger partial charge >= 0.3 is 0 Å². The third-order valence-electron chi connectivity index (χ3n) is 9.64. The standard InChI is InChI=1S/C41H25N3O/c1-41(2)34-10-6-4-8-28(34)30-21-33-32-19-25(13-17-39(32)45-40(33)22-35(30)41)27-15-12-24(23-42)18-38(27)44-36-11-7-5-9-29(36)31-20-26(43-3)14-16-37(31)44/h4-22H,1-2H3. The second kappa shape index (κ2) is 8.96. The highest BCUT2D eigenvalue weighted by molar-refractivity contribution is 6.12. The minimum atomic E-state index is -0.0977. The fourth-order valence-corrected chi connectivity index (χ4v) is 7.46. The minimum absolute atomic E-state index is 0.0977. The number of nitriles is 1. The molecule has 0 bridgehead atoms. The third kappa shape index (κ3) is 3.46. The summed E-state index contributed by atoms with van der Waals surface area (Å²) in [6.45, 7) is 12.1. The summed E-state index contributed by atoms with van der Waals surface area (Å²) in [5, 5.41) is 14.2. The molecule has 6 aromatic carbocycles. The van der Waals surface area contributed by atoms with E-state index in [0.717, 1.165) is 60.6 Å². The van der Waals surface area contributed by atoms with Crippen molar-refractivity contribution >= 4 is 49.4 Å². The summed E-state index contributed by atoms with van der Waals surface area (Å²) in [6, 6.07) is 41.9. The molecule has 0 N–H and O–H groups in total. The molecule has 0 amide bonds. The van der Waals surface area contributed by atoms with Gasteiger partial charge in [-0.3, -0.25) is 0 Å². The van der Waals surface area contributed by atoms with Gasteiger partial charge in [-0.15, -0.1) is 0 Å². The van der Waals surface area contributed by atoms with Crippen molar-refractivity contribution in [3.8, 4) is 34.0 Å². The molecule has 1 aliphatic rings. The molecular formula is C41H25N3O. The maximum atomic E-state index is 9.93. The van der Waals surface area contributed by atoms with E-state index < -0.39 is 0 Å². The molecule has 0 radical (unpaired) electrons. The maximum Gasteiger partial charge on any atom is 0.188 e. The van der Waals surface area contributed by atoms with Crippen LogP contribution in [0.5, 0.6) is 0 Å². The van der Waals surface area contributed by atoms with Crippen LogP contribution in [0.4, 0.5) is 5.69 Å². The predicted octanol–water partition coefficient (Wildman–Crippen LogP) is 11.1. The first kappa shape index (κ1) is 25.4. The minimum Gasteiger partial charge on any atom is -0.456 e. The van der Waals surface area contributed by atoms with Gasteiger partial charge in [-0.25, -0.2) is 4.85 Å². The average Bonchev–Trinajstić information content (AvgIpc) is 3.68. The Morgan fingerprint density at radius 2 is 1.47 bits per heavy atom. The molecule has 0 unspecified atom stereocenters. The number of rotatable bonds is 2. The highest BCUT2D eigenvalue weighted by Crippen LogP contribution is 2.51. The van der Waals surface area contributed by atoms with Gasteiger partial charge in [0.25, 0.3) is 0 Å². The lowest BCUT2D eigenvalue weighted by atomic mass is 9.82. The largest absolute Gasteiger partial charge is 0.456 e. The topological polar surface area (TPSA) is 46.2 Å². The number of hydrogen-bond donors (Lipinski definition) is 0. The van der Waals surface area contributed by atoms with Gasteiger partial charge in [0, 0.05) is 27.1 Å². The normalized spacial score (nSPS) is 13.2. The third-order valence-corrected chi connectivity index (χ3v) is 9.64. The van der Waals surface area contributed by atoms with E-state index in [0.29, 0.717) is 11.3 Å². The molecule has 0 saturated carbocycles. The van der Waals surface area contributed by atoms with Crippen molar-refractivity contribution in [3.63, 3.8) is 0 Å². The van der Waals surface area contributed by atoms with Crippen molar-refractivity contribution in [1.82, 2.24) is 4.57 Å². The Hall–Kier alpha value is -6.10. The quantitative estimate of drug-likeness (QED) is 0.193. The molecule has 8 aromatic rings. The van der Waals surface area contributed by atoms with Crippen molar-refractivity contribution in [1.29, 1.82) is 5.26 Å². The second-order valence-electron chi connectivity index (χ2n) is 12.4. The van der Waals surface area contributed by atoms with E-state index in [2.05, 4.69) is 96.1 Å². The first-order valence-corrected chi connectivity index (χ1v) is 15.0. The molecule has 0 aliphatic heterocycles. The molecule has 0 spiro atoms. The lowest BCUT2D eigenvalue weighted by molar-refractivity contribution is 0.647. The van der Waals surface area contributed by atoms with E-state index >= 15 is 0 Å². The summed E-state index contributed by atoms with van der Waals surface area (Å²) < 4.78 is 8.68. The van der Waals surface area contributed by atoms with Crippen LogP contribution < -0.4 is 0 Å². The molecule has 210 valence electrons. The van der Waals surface area contributed by atoms with Crippen LogP contribution in [0.2, 0.25) is 0 Å². The van der Waals surface area contributed by atoms with Crippen molar-refractivity contribution in [3.05, 3.63) is 143 Å². The van der Waals surface area contributed by atoms with Crippen LogP contribution >= 0.6 is 0 Å². The van der Waals surface area contributed by atoms with Crippen LogP contribution in [0.25, 0.3) is 76.5 Å². The highest BCUT2D eigenvalue weighted by Gasteiger charge is 2.36. The zero-order valence-electron chi connectivity index (χ0n) is 24.7. The second-order valence-corrected chi connectivity index (χ2v) is 12.4. The molecule has 9 rings (SSSR count). The maximum absolute atomic E-state index is 9.93. The van der Waals surface area contributed by atoms with Crippen molar-refractivity contribution < 1.29 is 4.42 Å². The summed E-state index contributed by atoms with van der Waals surface area (Å²) in [5.41, 5.74) is 13.0. The highest BCUT2D eigenvalue weighted by atomic mass is 16.3. The number of para-hydroxylation sites is 1. The number of benzene rings is 6. The molecule has 4 nitrogen and oxygen atoms in total. The fraction of sp³-hybridized carbons (Fsp3) is 0.0732. The first-order valence-electron chi connectivity index (χ1n) is 15.0. The Bertz CT molecular complexity index is 2650. The lowest BCUT2D eigenvalue weighted by Crippen LogP contribution is -2.14. The molecule has 2 heterocycles. The van der Waals surface area contributed by atoms with Crippen molar-refractivity contribution in [2.24, 2.45) is 0 Å². The summed E-state index contributed by atoms with van der Waals surface area (Å²) in [6.07, 6.45) is 0. The van der Waals surface area contributed by atoms with E-state index in [1.54, 1.807) is 0 Å². The molecule has 0 saturated heterocycles. The van der Waals surface area contributed by atoms with Crippen LogP contribution in [0.15, 0.2) is 120 Å². The number of hydrogen-bond acceptors (Lipinski definition) is 2. The molecule has 4 heteroatoms. The van der Waals surface area contributed by atoms with Gasteiger partial charge in [-0.05, 0) is 87.8 Å². The van der Waals surface area contributed by atoms with Crippen LogP contribution in [-0.2, 0) is 5.41 Å².